The van der Waals surface area contributed by atoms with Crippen molar-refractivity contribution in [3.63, 3.8) is 0 Å². The van der Waals surface area contributed by atoms with Gasteiger partial charge in [0.15, 0.2) is 17.8 Å². The molecule has 0 spiro atoms. The summed E-state index contributed by atoms with van der Waals surface area (Å²) in [6.07, 6.45) is 4.21. The number of amides is 1. The number of carbonyl (C=O) groups excluding carboxylic acids is 2. The van der Waals surface area contributed by atoms with Crippen LogP contribution in [0.3, 0.4) is 0 Å². The normalized spacial score (nSPS) is 14.7. The molecule has 49 heavy (non-hydrogen) atoms. The summed E-state index contributed by atoms with van der Waals surface area (Å²) in [6, 6.07) is 30.8. The Balaban J connectivity index is 1.05. The molecule has 0 radical (unpaired) electrons. The lowest BCUT2D eigenvalue weighted by Gasteiger charge is -2.20. The second-order valence-electron chi connectivity index (χ2n) is 12.6. The molecule has 3 N–H and O–H groups in total. The van der Waals surface area contributed by atoms with Crippen LogP contribution in [-0.4, -0.2) is 73.3 Å². The number of rotatable bonds is 10. The third-order valence-corrected chi connectivity index (χ3v) is 9.25. The van der Waals surface area contributed by atoms with Crippen LogP contribution in [0.1, 0.15) is 39.1 Å². The molecule has 10 heteroatoms. The van der Waals surface area contributed by atoms with Crippen molar-refractivity contribution in [3.8, 4) is 34.1 Å². The van der Waals surface area contributed by atoms with Gasteiger partial charge in [-0.1, -0.05) is 42.5 Å². The number of likely N-dealkylation sites (tertiary alicyclic amines) is 1. The van der Waals surface area contributed by atoms with Crippen LogP contribution in [0.2, 0.25) is 0 Å². The summed E-state index contributed by atoms with van der Waals surface area (Å²) in [4.78, 5) is 42.4. The number of hydrogen-bond donors (Lipinski definition) is 2. The Labute approximate surface area is 284 Å². The van der Waals surface area contributed by atoms with Crippen LogP contribution in [0.5, 0.6) is 5.75 Å². The molecular weight excluding hydrogens is 614 g/mol. The van der Waals surface area contributed by atoms with E-state index in [2.05, 4.69) is 38.7 Å². The maximum absolute atomic E-state index is 12.9. The van der Waals surface area contributed by atoms with Gasteiger partial charge in [0.2, 0.25) is 0 Å². The van der Waals surface area contributed by atoms with Crippen molar-refractivity contribution in [2.24, 2.45) is 5.92 Å². The highest BCUT2D eigenvalue weighted by Crippen LogP contribution is 2.32. The zero-order chi connectivity index (χ0) is 33.9. The standard InChI is InChI=1S/C39H37N7O3/c1-44(39(49)29-11-12-30(25-47)35(48)22-29)20-17-27-18-21-45(24-27)23-26-9-13-31(14-10-26)46-37(32-8-5-19-41-36(32)40)43-34-16-15-33(42-38(34)46)28-6-3-2-4-7-28/h2-16,19,22,25,27,48H,17-18,20-21,23-24H2,1H3,(H2,40,41)/t27-/m0/s1. The minimum Gasteiger partial charge on any atom is -0.507 e. The van der Waals surface area contributed by atoms with Crippen LogP contribution >= 0.6 is 0 Å². The van der Waals surface area contributed by atoms with Crippen molar-refractivity contribution in [2.45, 2.75) is 19.4 Å². The van der Waals surface area contributed by atoms with Gasteiger partial charge in [-0.25, -0.2) is 15.0 Å². The molecule has 3 aromatic carbocycles. The molecule has 246 valence electrons. The van der Waals surface area contributed by atoms with E-state index in [-0.39, 0.29) is 17.2 Å². The minimum atomic E-state index is -0.181. The van der Waals surface area contributed by atoms with E-state index in [4.69, 9.17) is 15.7 Å². The highest BCUT2D eigenvalue weighted by Gasteiger charge is 2.24. The number of phenolic OH excluding ortho intramolecular Hbond substituents is 1. The van der Waals surface area contributed by atoms with Crippen LogP contribution in [0.25, 0.3) is 39.5 Å². The number of hydrogen-bond acceptors (Lipinski definition) is 8. The molecule has 0 unspecified atom stereocenters. The molecule has 1 saturated heterocycles. The van der Waals surface area contributed by atoms with Gasteiger partial charge in [0, 0.05) is 49.7 Å². The number of pyridine rings is 2. The third kappa shape index (κ3) is 6.63. The van der Waals surface area contributed by atoms with Crippen molar-refractivity contribution in [3.05, 3.63) is 120 Å². The van der Waals surface area contributed by atoms with Gasteiger partial charge in [-0.15, -0.1) is 0 Å². The zero-order valence-corrected chi connectivity index (χ0v) is 27.2. The van der Waals surface area contributed by atoms with E-state index >= 15 is 0 Å². The number of carbonyl (C=O) groups is 2. The number of aromatic hydroxyl groups is 1. The predicted octanol–water partition coefficient (Wildman–Crippen LogP) is 6.23. The van der Waals surface area contributed by atoms with Crippen LogP contribution < -0.4 is 5.73 Å². The maximum Gasteiger partial charge on any atom is 0.253 e. The van der Waals surface area contributed by atoms with Gasteiger partial charge in [-0.3, -0.25) is 19.1 Å². The van der Waals surface area contributed by atoms with Gasteiger partial charge < -0.3 is 15.7 Å². The fourth-order valence-corrected chi connectivity index (χ4v) is 6.53. The largest absolute Gasteiger partial charge is 0.507 e. The molecule has 10 nitrogen and oxygen atoms in total. The Hall–Kier alpha value is -5.87. The average Bonchev–Trinajstić information content (AvgIpc) is 3.75. The lowest BCUT2D eigenvalue weighted by atomic mass is 10.0. The third-order valence-electron chi connectivity index (χ3n) is 9.25. The summed E-state index contributed by atoms with van der Waals surface area (Å²) >= 11 is 0. The van der Waals surface area contributed by atoms with Crippen molar-refractivity contribution >= 4 is 29.2 Å². The molecule has 0 bridgehead atoms. The topological polar surface area (TPSA) is 130 Å². The molecule has 1 amide bonds. The molecule has 0 saturated carbocycles. The molecule has 4 heterocycles. The highest BCUT2D eigenvalue weighted by atomic mass is 16.3. The molecule has 7 rings (SSSR count). The Bertz CT molecular complexity index is 2130. The van der Waals surface area contributed by atoms with E-state index in [1.807, 2.05) is 54.6 Å². The smallest absolute Gasteiger partial charge is 0.253 e. The monoisotopic (exact) mass is 651 g/mol. The first-order valence-corrected chi connectivity index (χ1v) is 16.4. The number of nitrogens with two attached hydrogens (primary N) is 1. The number of fused-ring (bicyclic) bond motifs is 1. The molecule has 1 atom stereocenters. The molecule has 6 aromatic rings. The van der Waals surface area contributed by atoms with E-state index in [9.17, 15) is 14.7 Å². The summed E-state index contributed by atoms with van der Waals surface area (Å²) in [6.45, 7) is 3.40. The number of nitrogens with zero attached hydrogens (tertiary/aromatic N) is 6. The predicted molar refractivity (Wildman–Crippen MR) is 190 cm³/mol. The van der Waals surface area contributed by atoms with Crippen LogP contribution in [0.4, 0.5) is 5.82 Å². The van der Waals surface area contributed by atoms with Gasteiger partial charge in [-0.2, -0.15) is 0 Å². The van der Waals surface area contributed by atoms with Gasteiger partial charge in [0.1, 0.15) is 17.1 Å². The molecular formula is C39H37N7O3. The minimum absolute atomic E-state index is 0.171. The van der Waals surface area contributed by atoms with E-state index in [0.29, 0.717) is 36.0 Å². The first-order chi connectivity index (χ1) is 23.9. The lowest BCUT2D eigenvalue weighted by molar-refractivity contribution is 0.0786. The van der Waals surface area contributed by atoms with E-state index < -0.39 is 0 Å². The van der Waals surface area contributed by atoms with Crippen LogP contribution in [0.15, 0.2) is 103 Å². The molecule has 1 aliphatic rings. The Morgan fingerprint density at radius 3 is 2.57 bits per heavy atom. The Morgan fingerprint density at radius 2 is 1.82 bits per heavy atom. The number of nitrogen functional groups attached to an aromatic ring is 1. The maximum atomic E-state index is 12.9. The van der Waals surface area contributed by atoms with Crippen molar-refractivity contribution in [1.82, 2.24) is 29.3 Å². The summed E-state index contributed by atoms with van der Waals surface area (Å²) in [5, 5.41) is 9.98. The number of phenols is 1. The Kier molecular flexibility index (Phi) is 8.87. The van der Waals surface area contributed by atoms with Gasteiger partial charge in [0.05, 0.1) is 16.8 Å². The van der Waals surface area contributed by atoms with Crippen molar-refractivity contribution in [1.29, 1.82) is 0 Å². The molecule has 1 fully saturated rings. The quantitative estimate of drug-likeness (QED) is 0.167. The lowest BCUT2D eigenvalue weighted by Crippen LogP contribution is -2.29. The SMILES string of the molecule is CN(CC[C@H]1CCN(Cc2ccc(-n3c(-c4cccnc4N)nc4ccc(-c5ccccc5)nc43)cc2)C1)C(=O)c1ccc(C=O)c(O)c1. The van der Waals surface area contributed by atoms with Gasteiger partial charge >= 0.3 is 0 Å². The van der Waals surface area contributed by atoms with E-state index in [1.165, 1.54) is 17.7 Å². The summed E-state index contributed by atoms with van der Waals surface area (Å²) in [7, 11) is 1.77. The number of anilines is 1. The average molecular weight is 652 g/mol. The summed E-state index contributed by atoms with van der Waals surface area (Å²) in [5.74, 6) is 1.22. The number of benzene rings is 3. The number of aldehydes is 1. The second-order valence-corrected chi connectivity index (χ2v) is 12.6. The van der Waals surface area contributed by atoms with Crippen molar-refractivity contribution in [2.75, 3.05) is 32.4 Å². The van der Waals surface area contributed by atoms with Gasteiger partial charge in [-0.05, 0) is 85.5 Å². The zero-order valence-electron chi connectivity index (χ0n) is 27.2. The van der Waals surface area contributed by atoms with Gasteiger partial charge in [0.25, 0.3) is 5.91 Å². The fraction of sp³-hybridized carbons (Fsp3) is 0.205. The molecule has 0 aliphatic carbocycles. The number of aromatic nitrogens is 4. The van der Waals surface area contributed by atoms with Crippen molar-refractivity contribution < 1.29 is 14.7 Å². The Morgan fingerprint density at radius 1 is 1.00 bits per heavy atom. The van der Waals surface area contributed by atoms with E-state index in [0.717, 1.165) is 66.1 Å². The summed E-state index contributed by atoms with van der Waals surface area (Å²) < 4.78 is 2.06. The second kappa shape index (κ2) is 13.7. The highest BCUT2D eigenvalue weighted by molar-refractivity contribution is 5.95. The van der Waals surface area contributed by atoms with Crippen LogP contribution in [-0.2, 0) is 6.54 Å². The fourth-order valence-electron chi connectivity index (χ4n) is 6.53. The number of imidazole rings is 1. The van der Waals surface area contributed by atoms with E-state index in [1.54, 1.807) is 24.2 Å². The molecule has 1 aliphatic heterocycles. The van der Waals surface area contributed by atoms with Crippen LogP contribution in [0, 0.1) is 5.92 Å². The first-order valence-electron chi connectivity index (χ1n) is 16.4. The summed E-state index contributed by atoms with van der Waals surface area (Å²) in [5.41, 5.74) is 13.2. The molecule has 3 aromatic heterocycles. The first kappa shape index (κ1) is 31.7.